The van der Waals surface area contributed by atoms with Crippen molar-refractivity contribution in [2.45, 2.75) is 37.7 Å². The molecule has 2 aromatic carbocycles. The van der Waals surface area contributed by atoms with Gasteiger partial charge in [-0.25, -0.2) is 4.39 Å². The summed E-state index contributed by atoms with van der Waals surface area (Å²) in [6.45, 7) is 2.84. The summed E-state index contributed by atoms with van der Waals surface area (Å²) in [5.74, 6) is 1.10. The minimum absolute atomic E-state index is 0.100. The number of nitrogens with zero attached hydrogens (tertiary/aromatic N) is 1. The van der Waals surface area contributed by atoms with E-state index in [2.05, 4.69) is 4.98 Å². The molecule has 1 amide bonds. The number of aromatic nitrogens is 1. The molecule has 5 rings (SSSR count). The van der Waals surface area contributed by atoms with Crippen molar-refractivity contribution < 1.29 is 18.7 Å². The second kappa shape index (κ2) is 8.94. The molecule has 0 radical (unpaired) electrons. The van der Waals surface area contributed by atoms with Crippen LogP contribution in [0.4, 0.5) is 4.39 Å². The van der Waals surface area contributed by atoms with Crippen molar-refractivity contribution in [1.82, 2.24) is 9.88 Å². The highest BCUT2D eigenvalue weighted by molar-refractivity contribution is 5.98. The van der Waals surface area contributed by atoms with Crippen LogP contribution in [-0.4, -0.2) is 47.7 Å². The van der Waals surface area contributed by atoms with E-state index in [0.717, 1.165) is 68.3 Å². The Bertz CT molecular complexity index is 1070. The largest absolute Gasteiger partial charge is 0.494 e. The molecule has 1 spiro atoms. The Morgan fingerprint density at radius 3 is 2.78 bits per heavy atom. The number of ether oxygens (including phenoxy) is 2. The molecule has 5 nitrogen and oxygen atoms in total. The van der Waals surface area contributed by atoms with Crippen LogP contribution in [0.2, 0.25) is 0 Å². The number of halogens is 1. The van der Waals surface area contributed by atoms with E-state index in [4.69, 9.17) is 9.47 Å². The van der Waals surface area contributed by atoms with Crippen LogP contribution >= 0.6 is 0 Å². The number of fused-ring (bicyclic) bond motifs is 1. The quantitative estimate of drug-likeness (QED) is 0.600. The maximum Gasteiger partial charge on any atom is 0.253 e. The van der Waals surface area contributed by atoms with Crippen molar-refractivity contribution in [2.24, 2.45) is 5.92 Å². The summed E-state index contributed by atoms with van der Waals surface area (Å²) in [6.07, 6.45) is 6.65. The standard InChI is InChI=1S/C26H29FN2O3/c27-22-2-4-23(5-3-22)31-15-8-19-9-16-32-26(18-19)10-13-29(14-11-26)25(30)21-1-6-24-20(17-21)7-12-28-24/h1-7,12,17,19,28H,8-11,13-16,18H2. The van der Waals surface area contributed by atoms with E-state index in [-0.39, 0.29) is 17.3 Å². The molecule has 32 heavy (non-hydrogen) atoms. The number of hydrogen-bond donors (Lipinski definition) is 1. The third-order valence-corrected chi connectivity index (χ3v) is 6.97. The van der Waals surface area contributed by atoms with Gasteiger partial charge in [0.1, 0.15) is 11.6 Å². The van der Waals surface area contributed by atoms with Crippen LogP contribution in [0.5, 0.6) is 5.75 Å². The molecule has 2 aliphatic heterocycles. The van der Waals surface area contributed by atoms with Gasteiger partial charge in [-0.05, 0) is 86.6 Å². The number of piperidine rings is 1. The van der Waals surface area contributed by atoms with E-state index >= 15 is 0 Å². The van der Waals surface area contributed by atoms with Crippen LogP contribution in [0.3, 0.4) is 0 Å². The minimum atomic E-state index is -0.251. The highest BCUT2D eigenvalue weighted by atomic mass is 19.1. The van der Waals surface area contributed by atoms with Gasteiger partial charge in [0.05, 0.1) is 12.2 Å². The lowest BCUT2D eigenvalue weighted by Gasteiger charge is -2.46. The molecular weight excluding hydrogens is 407 g/mol. The smallest absolute Gasteiger partial charge is 0.253 e. The highest BCUT2D eigenvalue weighted by Crippen LogP contribution is 2.39. The zero-order valence-electron chi connectivity index (χ0n) is 18.2. The van der Waals surface area contributed by atoms with Crippen LogP contribution in [0.15, 0.2) is 54.7 Å². The van der Waals surface area contributed by atoms with Crippen molar-refractivity contribution in [3.05, 3.63) is 66.1 Å². The Hall–Kier alpha value is -2.86. The molecule has 3 heterocycles. The molecule has 0 saturated carbocycles. The molecule has 2 aliphatic rings. The topological polar surface area (TPSA) is 54.6 Å². The first kappa shape index (κ1) is 21.0. The van der Waals surface area contributed by atoms with Crippen molar-refractivity contribution in [2.75, 3.05) is 26.3 Å². The average molecular weight is 437 g/mol. The maximum absolute atomic E-state index is 13.0. The number of amides is 1. The molecule has 0 bridgehead atoms. The molecule has 1 aromatic heterocycles. The molecule has 3 aromatic rings. The Kier molecular flexibility index (Phi) is 5.87. The number of nitrogens with one attached hydrogen (secondary N) is 1. The molecule has 6 heteroatoms. The summed E-state index contributed by atoms with van der Waals surface area (Å²) in [5.41, 5.74) is 1.66. The molecular formula is C26H29FN2O3. The fraction of sp³-hybridized carbons (Fsp3) is 0.423. The Morgan fingerprint density at radius 1 is 1.16 bits per heavy atom. The fourth-order valence-electron chi connectivity index (χ4n) is 5.08. The average Bonchev–Trinajstić information content (AvgIpc) is 3.29. The van der Waals surface area contributed by atoms with Gasteiger partial charge >= 0.3 is 0 Å². The predicted molar refractivity (Wildman–Crippen MR) is 121 cm³/mol. The summed E-state index contributed by atoms with van der Waals surface area (Å²) in [7, 11) is 0. The van der Waals surface area contributed by atoms with Gasteiger partial charge in [0.15, 0.2) is 0 Å². The van der Waals surface area contributed by atoms with Gasteiger partial charge in [-0.15, -0.1) is 0 Å². The third kappa shape index (κ3) is 4.51. The van der Waals surface area contributed by atoms with E-state index in [1.165, 1.54) is 12.1 Å². The molecule has 0 aliphatic carbocycles. The number of benzene rings is 2. The maximum atomic E-state index is 13.0. The molecule has 168 valence electrons. The highest BCUT2D eigenvalue weighted by Gasteiger charge is 2.41. The summed E-state index contributed by atoms with van der Waals surface area (Å²) >= 11 is 0. The second-order valence-corrected chi connectivity index (χ2v) is 9.05. The molecule has 2 saturated heterocycles. The van der Waals surface area contributed by atoms with Crippen molar-refractivity contribution in [1.29, 1.82) is 0 Å². The first-order chi connectivity index (χ1) is 15.6. The zero-order chi connectivity index (χ0) is 22.0. The van der Waals surface area contributed by atoms with E-state index in [9.17, 15) is 9.18 Å². The molecule has 2 fully saturated rings. The SMILES string of the molecule is O=C(c1ccc2[nH]ccc2c1)N1CCC2(CC1)CC(CCOc1ccc(F)cc1)CCO2. The van der Waals surface area contributed by atoms with E-state index in [1.807, 2.05) is 35.4 Å². The first-order valence-corrected chi connectivity index (χ1v) is 11.5. The fourth-order valence-corrected chi connectivity index (χ4v) is 5.08. The van der Waals surface area contributed by atoms with Crippen LogP contribution in [0.25, 0.3) is 10.9 Å². The van der Waals surface area contributed by atoms with E-state index < -0.39 is 0 Å². The van der Waals surface area contributed by atoms with E-state index in [1.54, 1.807) is 12.1 Å². The number of hydrogen-bond acceptors (Lipinski definition) is 3. The van der Waals surface area contributed by atoms with Crippen molar-refractivity contribution in [3.63, 3.8) is 0 Å². The first-order valence-electron chi connectivity index (χ1n) is 11.5. The van der Waals surface area contributed by atoms with Crippen LogP contribution in [-0.2, 0) is 4.74 Å². The van der Waals surface area contributed by atoms with Crippen molar-refractivity contribution in [3.8, 4) is 5.75 Å². The Balaban J connectivity index is 1.13. The van der Waals surface area contributed by atoms with Crippen LogP contribution in [0.1, 0.15) is 42.5 Å². The molecule has 1 unspecified atom stereocenters. The van der Waals surface area contributed by atoms with Gasteiger partial charge in [0.25, 0.3) is 5.91 Å². The van der Waals surface area contributed by atoms with Gasteiger partial charge in [-0.2, -0.15) is 0 Å². The lowest BCUT2D eigenvalue weighted by Crippen LogP contribution is -2.50. The summed E-state index contributed by atoms with van der Waals surface area (Å²) in [6, 6.07) is 14.0. The Morgan fingerprint density at radius 2 is 1.97 bits per heavy atom. The van der Waals surface area contributed by atoms with Gasteiger partial charge in [-0.3, -0.25) is 4.79 Å². The number of H-pyrrole nitrogens is 1. The van der Waals surface area contributed by atoms with Crippen LogP contribution < -0.4 is 4.74 Å². The van der Waals surface area contributed by atoms with Gasteiger partial charge in [0, 0.05) is 42.4 Å². The summed E-state index contributed by atoms with van der Waals surface area (Å²) in [4.78, 5) is 18.2. The zero-order valence-corrected chi connectivity index (χ0v) is 18.2. The number of rotatable bonds is 5. The monoisotopic (exact) mass is 436 g/mol. The third-order valence-electron chi connectivity index (χ3n) is 6.97. The van der Waals surface area contributed by atoms with Gasteiger partial charge in [0.2, 0.25) is 0 Å². The summed E-state index contributed by atoms with van der Waals surface area (Å²) < 4.78 is 25.1. The number of likely N-dealkylation sites (tertiary alicyclic amines) is 1. The Labute approximate surface area is 187 Å². The van der Waals surface area contributed by atoms with E-state index in [0.29, 0.717) is 18.3 Å². The molecule has 1 N–H and O–H groups in total. The number of carbonyl (C=O) groups is 1. The molecule has 1 atom stereocenters. The van der Waals surface area contributed by atoms with Crippen LogP contribution in [0, 0.1) is 11.7 Å². The lowest BCUT2D eigenvalue weighted by molar-refractivity contribution is -0.125. The van der Waals surface area contributed by atoms with Gasteiger partial charge in [-0.1, -0.05) is 0 Å². The van der Waals surface area contributed by atoms with Gasteiger partial charge < -0.3 is 19.4 Å². The number of aromatic amines is 1. The normalized spacial score (nSPS) is 20.5. The number of carbonyl (C=O) groups excluding carboxylic acids is 1. The second-order valence-electron chi connectivity index (χ2n) is 9.05. The summed E-state index contributed by atoms with van der Waals surface area (Å²) in [5, 5.41) is 1.06. The predicted octanol–water partition coefficient (Wildman–Crippen LogP) is 5.18. The lowest BCUT2D eigenvalue weighted by atomic mass is 9.78. The minimum Gasteiger partial charge on any atom is -0.494 e. The van der Waals surface area contributed by atoms with Crippen molar-refractivity contribution >= 4 is 16.8 Å².